The third kappa shape index (κ3) is 2.57. The van der Waals surface area contributed by atoms with Gasteiger partial charge in [-0.1, -0.05) is 29.8 Å². The van der Waals surface area contributed by atoms with Gasteiger partial charge in [-0.25, -0.2) is 13.4 Å². The van der Waals surface area contributed by atoms with Crippen LogP contribution >= 0.6 is 10.8 Å². The molecule has 0 N–H and O–H groups in total. The van der Waals surface area contributed by atoms with Gasteiger partial charge < -0.3 is 4.42 Å². The van der Waals surface area contributed by atoms with Gasteiger partial charge in [-0.3, -0.25) is 0 Å². The third-order valence-corrected chi connectivity index (χ3v) is 5.81. The molecule has 6 heteroatoms. The number of para-hydroxylation sites is 2. The number of nitrogens with zero attached hydrogens (tertiary/aromatic N) is 1. The normalized spacial score (nSPS) is 11.8. The average Bonchev–Trinajstić information content (AvgIpc) is 2.80. The first-order chi connectivity index (χ1) is 9.54. The molecule has 0 bridgehead atoms. The molecule has 4 nitrogen and oxygen atoms in total. The molecule has 3 rings (SSSR count). The zero-order valence-electron chi connectivity index (χ0n) is 10.6. The van der Waals surface area contributed by atoms with Gasteiger partial charge in [0.15, 0.2) is 5.58 Å². The van der Waals surface area contributed by atoms with Gasteiger partial charge in [0.1, 0.15) is 5.52 Å². The topological polar surface area (TPSA) is 60.2 Å². The molecule has 0 aliphatic rings. The molecule has 102 valence electrons. The summed E-state index contributed by atoms with van der Waals surface area (Å²) in [4.78, 5) is 4.40. The molecule has 0 aliphatic heterocycles. The highest BCUT2D eigenvalue weighted by Gasteiger charge is 2.20. The van der Waals surface area contributed by atoms with Crippen LogP contribution in [0.4, 0.5) is 0 Å². The van der Waals surface area contributed by atoms with Crippen LogP contribution in [0.5, 0.6) is 0 Å². The maximum Gasteiger partial charge on any atom is 0.272 e. The number of oxazole rings is 1. The molecular weight excluding hydrogens is 294 g/mol. The first-order valence-corrected chi connectivity index (χ1v) is 8.73. The van der Waals surface area contributed by atoms with Crippen molar-refractivity contribution >= 4 is 30.8 Å². The maximum atomic E-state index is 12.3. The van der Waals surface area contributed by atoms with Gasteiger partial charge in [0, 0.05) is 0 Å². The number of hydrogen-bond donors (Lipinski definition) is 0. The van der Waals surface area contributed by atoms with E-state index in [1.807, 2.05) is 19.1 Å². The predicted octanol–water partition coefficient (Wildman–Crippen LogP) is 3.62. The van der Waals surface area contributed by atoms with Crippen molar-refractivity contribution < 1.29 is 12.8 Å². The Balaban J connectivity index is 1.94. The van der Waals surface area contributed by atoms with Gasteiger partial charge in [0.2, 0.25) is 8.87 Å². The first kappa shape index (κ1) is 13.2. The van der Waals surface area contributed by atoms with E-state index in [4.69, 9.17) is 4.42 Å². The second-order valence-electron chi connectivity index (χ2n) is 4.30. The molecule has 1 aromatic heterocycles. The molecule has 0 amide bonds. The lowest BCUT2D eigenvalue weighted by Gasteiger charge is -2.00. The van der Waals surface area contributed by atoms with E-state index >= 15 is 0 Å². The van der Waals surface area contributed by atoms with Crippen molar-refractivity contribution in [3.8, 4) is 0 Å². The van der Waals surface area contributed by atoms with Crippen molar-refractivity contribution in [1.82, 2.24) is 4.98 Å². The Hall–Kier alpha value is -1.79. The van der Waals surface area contributed by atoms with Crippen molar-refractivity contribution in [3.05, 3.63) is 54.1 Å². The molecule has 0 spiro atoms. The Kier molecular flexibility index (Phi) is 3.27. The van der Waals surface area contributed by atoms with Gasteiger partial charge in [-0.05, 0) is 31.2 Å². The first-order valence-electron chi connectivity index (χ1n) is 5.91. The number of aryl methyl sites for hydroxylation is 1. The van der Waals surface area contributed by atoms with E-state index in [-0.39, 0.29) is 10.1 Å². The summed E-state index contributed by atoms with van der Waals surface area (Å²) < 4.78 is 29.9. The van der Waals surface area contributed by atoms with Crippen molar-refractivity contribution in [3.63, 3.8) is 0 Å². The summed E-state index contributed by atoms with van der Waals surface area (Å²) in [5.41, 5.74) is 2.24. The minimum absolute atomic E-state index is 0.131. The molecule has 1 heterocycles. The summed E-state index contributed by atoms with van der Waals surface area (Å²) in [6, 6.07) is 13.9. The van der Waals surface area contributed by atoms with Crippen molar-refractivity contribution in [1.29, 1.82) is 0 Å². The smallest absolute Gasteiger partial charge is 0.272 e. The van der Waals surface area contributed by atoms with Gasteiger partial charge in [0.05, 0.1) is 15.7 Å². The monoisotopic (exact) mass is 305 g/mol. The van der Waals surface area contributed by atoms with Crippen molar-refractivity contribution in [2.24, 2.45) is 0 Å². The van der Waals surface area contributed by atoms with E-state index in [1.165, 1.54) is 0 Å². The van der Waals surface area contributed by atoms with Crippen LogP contribution in [0, 0.1) is 6.92 Å². The Bertz CT molecular complexity index is 819. The zero-order chi connectivity index (χ0) is 14.2. The average molecular weight is 305 g/mol. The number of aromatic nitrogens is 1. The van der Waals surface area contributed by atoms with Crippen LogP contribution in [0.25, 0.3) is 11.1 Å². The van der Waals surface area contributed by atoms with E-state index < -0.39 is 8.87 Å². The number of rotatable bonds is 3. The molecule has 0 atom stereocenters. The minimum Gasteiger partial charge on any atom is -0.431 e. The standard InChI is InChI=1S/C14H11NO3S2/c1-10-6-8-11(9-7-10)20(16,17)19-14-15-12-4-2-3-5-13(12)18-14/h2-9H,1H3. The fourth-order valence-corrected chi connectivity index (χ4v) is 4.15. The van der Waals surface area contributed by atoms with E-state index in [1.54, 1.807) is 36.4 Å². The van der Waals surface area contributed by atoms with Gasteiger partial charge in [-0.15, -0.1) is 0 Å². The van der Waals surface area contributed by atoms with E-state index in [0.717, 1.165) is 5.56 Å². The molecule has 0 fully saturated rings. The molecule has 3 aromatic rings. The van der Waals surface area contributed by atoms with Crippen LogP contribution in [0.15, 0.2) is 63.1 Å². The number of benzene rings is 2. The highest BCUT2D eigenvalue weighted by atomic mass is 33.1. The Labute approximate surface area is 120 Å². The van der Waals surface area contributed by atoms with Crippen molar-refractivity contribution in [2.45, 2.75) is 17.0 Å². The highest BCUT2D eigenvalue weighted by Crippen LogP contribution is 2.32. The van der Waals surface area contributed by atoms with Crippen LogP contribution in [0.3, 0.4) is 0 Å². The summed E-state index contributed by atoms with van der Waals surface area (Å²) in [5, 5.41) is 0.131. The highest BCUT2D eigenvalue weighted by molar-refractivity contribution is 8.72. The number of fused-ring (bicyclic) bond motifs is 1. The summed E-state index contributed by atoms with van der Waals surface area (Å²) in [7, 11) is -2.89. The van der Waals surface area contributed by atoms with Gasteiger partial charge in [0.25, 0.3) is 5.22 Å². The Morgan fingerprint density at radius 1 is 1.05 bits per heavy atom. The fourth-order valence-electron chi connectivity index (χ4n) is 1.73. The van der Waals surface area contributed by atoms with Crippen LogP contribution in [-0.2, 0) is 8.87 Å². The third-order valence-electron chi connectivity index (χ3n) is 2.76. The molecule has 0 unspecified atom stereocenters. The lowest BCUT2D eigenvalue weighted by Crippen LogP contribution is -1.95. The van der Waals surface area contributed by atoms with E-state index in [2.05, 4.69) is 4.98 Å². The van der Waals surface area contributed by atoms with Crippen molar-refractivity contribution in [2.75, 3.05) is 0 Å². The minimum atomic E-state index is -3.52. The summed E-state index contributed by atoms with van der Waals surface area (Å²) >= 11 is 0. The molecular formula is C14H11NO3S2. The van der Waals surface area contributed by atoms with E-state index in [9.17, 15) is 8.42 Å². The molecule has 0 radical (unpaired) electrons. The lowest BCUT2D eigenvalue weighted by molar-refractivity contribution is 0.490. The summed E-state index contributed by atoms with van der Waals surface area (Å²) in [6.07, 6.45) is 0. The SMILES string of the molecule is Cc1ccc(S(=O)(=O)Sc2nc3ccccc3o2)cc1. The van der Waals surface area contributed by atoms with E-state index in [0.29, 0.717) is 21.9 Å². The number of hydrogen-bond acceptors (Lipinski definition) is 5. The quantitative estimate of drug-likeness (QED) is 0.692. The van der Waals surface area contributed by atoms with Crippen LogP contribution in [0.2, 0.25) is 0 Å². The largest absolute Gasteiger partial charge is 0.431 e. The van der Waals surface area contributed by atoms with Gasteiger partial charge in [-0.2, -0.15) is 0 Å². The zero-order valence-corrected chi connectivity index (χ0v) is 12.2. The lowest BCUT2D eigenvalue weighted by atomic mass is 10.2. The second-order valence-corrected chi connectivity index (χ2v) is 8.01. The Morgan fingerprint density at radius 3 is 2.45 bits per heavy atom. The molecule has 0 aliphatic carbocycles. The Morgan fingerprint density at radius 2 is 1.75 bits per heavy atom. The second kappa shape index (κ2) is 4.96. The van der Waals surface area contributed by atoms with Gasteiger partial charge >= 0.3 is 0 Å². The van der Waals surface area contributed by atoms with Crippen LogP contribution < -0.4 is 0 Å². The molecule has 0 saturated heterocycles. The predicted molar refractivity (Wildman–Crippen MR) is 78.2 cm³/mol. The fraction of sp³-hybridized carbons (Fsp3) is 0.0714. The summed E-state index contributed by atoms with van der Waals surface area (Å²) in [5.74, 6) is 0. The molecule has 2 aromatic carbocycles. The summed E-state index contributed by atoms with van der Waals surface area (Å²) in [6.45, 7) is 1.91. The molecule has 20 heavy (non-hydrogen) atoms. The molecule has 0 saturated carbocycles. The van der Waals surface area contributed by atoms with Crippen LogP contribution in [-0.4, -0.2) is 13.4 Å². The van der Waals surface area contributed by atoms with Crippen LogP contribution in [0.1, 0.15) is 5.56 Å². The maximum absolute atomic E-state index is 12.3.